The van der Waals surface area contributed by atoms with Gasteiger partial charge in [0.1, 0.15) is 0 Å². The van der Waals surface area contributed by atoms with Gasteiger partial charge in [0.15, 0.2) is 0 Å². The molecule has 4 nitrogen and oxygen atoms in total. The minimum atomic E-state index is -3.44. The monoisotopic (exact) mass is 307 g/mol. The SMILES string of the molecule is [NH3+]CCCCCCNS(=O)(=O)c1cccc2ccccc12. The van der Waals surface area contributed by atoms with Gasteiger partial charge in [0.25, 0.3) is 0 Å². The number of sulfonamides is 1. The maximum absolute atomic E-state index is 12.4. The van der Waals surface area contributed by atoms with Crippen LogP contribution in [-0.4, -0.2) is 21.5 Å². The molecule has 0 spiro atoms. The molecule has 0 unspecified atom stereocenters. The minimum Gasteiger partial charge on any atom is -0.358 e. The van der Waals surface area contributed by atoms with Crippen LogP contribution in [0.15, 0.2) is 47.4 Å². The molecule has 0 aliphatic heterocycles. The smallest absolute Gasteiger partial charge is 0.241 e. The van der Waals surface area contributed by atoms with Crippen molar-refractivity contribution in [2.75, 3.05) is 13.1 Å². The van der Waals surface area contributed by atoms with Crippen molar-refractivity contribution in [1.29, 1.82) is 0 Å². The molecule has 5 heteroatoms. The van der Waals surface area contributed by atoms with Gasteiger partial charge in [-0.3, -0.25) is 0 Å². The van der Waals surface area contributed by atoms with Gasteiger partial charge in [0.2, 0.25) is 10.0 Å². The summed E-state index contributed by atoms with van der Waals surface area (Å²) >= 11 is 0. The Morgan fingerprint density at radius 1 is 0.905 bits per heavy atom. The molecule has 2 rings (SSSR count). The van der Waals surface area contributed by atoms with Gasteiger partial charge < -0.3 is 5.73 Å². The first kappa shape index (κ1) is 15.9. The molecular formula is C16H23N2O2S+. The number of hydrogen-bond donors (Lipinski definition) is 2. The lowest BCUT2D eigenvalue weighted by Gasteiger charge is -2.09. The molecule has 2 aromatic rings. The average molecular weight is 307 g/mol. The predicted molar refractivity (Wildman–Crippen MR) is 85.4 cm³/mol. The molecule has 0 aliphatic rings. The van der Waals surface area contributed by atoms with E-state index in [0.717, 1.165) is 43.0 Å². The van der Waals surface area contributed by atoms with Crippen LogP contribution in [-0.2, 0) is 10.0 Å². The van der Waals surface area contributed by atoms with Gasteiger partial charge in [-0.25, -0.2) is 13.1 Å². The number of benzene rings is 2. The van der Waals surface area contributed by atoms with Gasteiger partial charge in [0, 0.05) is 11.9 Å². The molecule has 114 valence electrons. The molecule has 21 heavy (non-hydrogen) atoms. The van der Waals surface area contributed by atoms with E-state index in [2.05, 4.69) is 10.5 Å². The Labute approximate surface area is 126 Å². The summed E-state index contributed by atoms with van der Waals surface area (Å²) in [5.41, 5.74) is 3.80. The second kappa shape index (κ2) is 7.54. The number of rotatable bonds is 8. The van der Waals surface area contributed by atoms with Crippen LogP contribution in [0, 0.1) is 0 Å². The molecule has 0 amide bonds. The second-order valence-corrected chi connectivity index (χ2v) is 6.88. The summed E-state index contributed by atoms with van der Waals surface area (Å²) in [4.78, 5) is 0.360. The largest absolute Gasteiger partial charge is 0.358 e. The Balaban J connectivity index is 2.05. The Morgan fingerprint density at radius 3 is 2.43 bits per heavy atom. The standard InChI is InChI=1S/C16H22N2O2S/c17-12-5-1-2-6-13-18-21(19,20)16-11-7-9-14-8-3-4-10-15(14)16/h3-4,7-11,18H,1-2,5-6,12-13,17H2/p+1. The van der Waals surface area contributed by atoms with Gasteiger partial charge in [-0.1, -0.05) is 42.8 Å². The van der Waals surface area contributed by atoms with Crippen molar-refractivity contribution < 1.29 is 14.2 Å². The Hall–Kier alpha value is -1.43. The number of unbranched alkanes of at least 4 members (excludes halogenated alkanes) is 3. The van der Waals surface area contributed by atoms with Gasteiger partial charge in [-0.2, -0.15) is 0 Å². The summed E-state index contributed by atoms with van der Waals surface area (Å²) < 4.78 is 27.5. The van der Waals surface area contributed by atoms with Crippen LogP contribution in [0.1, 0.15) is 25.7 Å². The van der Waals surface area contributed by atoms with Crippen molar-refractivity contribution in [3.05, 3.63) is 42.5 Å². The van der Waals surface area contributed by atoms with E-state index in [4.69, 9.17) is 0 Å². The van der Waals surface area contributed by atoms with Crippen LogP contribution in [0.2, 0.25) is 0 Å². The van der Waals surface area contributed by atoms with Gasteiger partial charge in [-0.05, 0) is 30.7 Å². The summed E-state index contributed by atoms with van der Waals surface area (Å²) in [6.45, 7) is 1.43. The highest BCUT2D eigenvalue weighted by atomic mass is 32.2. The first-order valence-corrected chi connectivity index (χ1v) is 8.90. The van der Waals surface area contributed by atoms with E-state index in [1.807, 2.05) is 30.3 Å². The summed E-state index contributed by atoms with van der Waals surface area (Å²) in [5, 5.41) is 1.71. The molecule has 4 N–H and O–H groups in total. The predicted octanol–water partition coefficient (Wildman–Crippen LogP) is 1.92. The zero-order valence-electron chi connectivity index (χ0n) is 12.2. The minimum absolute atomic E-state index is 0.360. The first-order valence-electron chi connectivity index (χ1n) is 7.42. The van der Waals surface area contributed by atoms with Gasteiger partial charge in [0.05, 0.1) is 11.4 Å². The van der Waals surface area contributed by atoms with E-state index < -0.39 is 10.0 Å². The highest BCUT2D eigenvalue weighted by molar-refractivity contribution is 7.89. The Bertz CT molecular complexity index is 678. The topological polar surface area (TPSA) is 73.8 Å². The van der Waals surface area contributed by atoms with Gasteiger partial charge >= 0.3 is 0 Å². The quantitative estimate of drug-likeness (QED) is 0.731. The molecule has 0 saturated heterocycles. The van der Waals surface area contributed by atoms with Crippen LogP contribution >= 0.6 is 0 Å². The van der Waals surface area contributed by atoms with Gasteiger partial charge in [-0.15, -0.1) is 0 Å². The fraction of sp³-hybridized carbons (Fsp3) is 0.375. The Morgan fingerprint density at radius 2 is 1.62 bits per heavy atom. The molecule has 0 fully saturated rings. The Kier molecular flexibility index (Phi) is 5.73. The fourth-order valence-electron chi connectivity index (χ4n) is 2.37. The van der Waals surface area contributed by atoms with E-state index in [1.54, 1.807) is 12.1 Å². The first-order chi connectivity index (χ1) is 10.1. The van der Waals surface area contributed by atoms with E-state index in [0.29, 0.717) is 11.4 Å². The highest BCUT2D eigenvalue weighted by Crippen LogP contribution is 2.22. The molecule has 0 saturated carbocycles. The zero-order valence-corrected chi connectivity index (χ0v) is 13.0. The van der Waals surface area contributed by atoms with Crippen LogP contribution in [0.3, 0.4) is 0 Å². The summed E-state index contributed by atoms with van der Waals surface area (Å²) in [6, 6.07) is 12.9. The molecule has 2 aromatic carbocycles. The summed E-state index contributed by atoms with van der Waals surface area (Å²) in [7, 11) is -3.44. The third-order valence-electron chi connectivity index (χ3n) is 3.51. The van der Waals surface area contributed by atoms with Crippen molar-refractivity contribution in [2.24, 2.45) is 0 Å². The third kappa shape index (κ3) is 4.27. The number of fused-ring (bicyclic) bond motifs is 1. The van der Waals surface area contributed by atoms with E-state index in [-0.39, 0.29) is 0 Å². The average Bonchev–Trinajstić information content (AvgIpc) is 2.50. The number of nitrogens with one attached hydrogen (secondary N) is 1. The highest BCUT2D eigenvalue weighted by Gasteiger charge is 2.16. The molecular weight excluding hydrogens is 284 g/mol. The number of hydrogen-bond acceptors (Lipinski definition) is 2. The molecule has 0 atom stereocenters. The lowest BCUT2D eigenvalue weighted by molar-refractivity contribution is -0.368. The van der Waals surface area contributed by atoms with Crippen molar-refractivity contribution in [3.8, 4) is 0 Å². The van der Waals surface area contributed by atoms with E-state index in [1.165, 1.54) is 0 Å². The van der Waals surface area contributed by atoms with Crippen LogP contribution in [0.5, 0.6) is 0 Å². The van der Waals surface area contributed by atoms with Crippen molar-refractivity contribution in [3.63, 3.8) is 0 Å². The van der Waals surface area contributed by atoms with Crippen LogP contribution in [0.4, 0.5) is 0 Å². The molecule has 0 heterocycles. The molecule has 0 bridgehead atoms. The van der Waals surface area contributed by atoms with Crippen molar-refractivity contribution in [1.82, 2.24) is 4.72 Å². The number of quaternary nitrogens is 1. The summed E-state index contributed by atoms with van der Waals surface area (Å²) in [5.74, 6) is 0. The van der Waals surface area contributed by atoms with Crippen LogP contribution < -0.4 is 10.5 Å². The lowest BCUT2D eigenvalue weighted by atomic mass is 10.1. The normalized spacial score (nSPS) is 11.9. The summed E-state index contributed by atoms with van der Waals surface area (Å²) in [6.07, 6.45) is 4.12. The van der Waals surface area contributed by atoms with E-state index >= 15 is 0 Å². The van der Waals surface area contributed by atoms with Crippen molar-refractivity contribution in [2.45, 2.75) is 30.6 Å². The third-order valence-corrected chi connectivity index (χ3v) is 5.03. The van der Waals surface area contributed by atoms with Crippen molar-refractivity contribution >= 4 is 20.8 Å². The molecule has 0 radical (unpaired) electrons. The maximum atomic E-state index is 12.4. The van der Waals surface area contributed by atoms with Crippen LogP contribution in [0.25, 0.3) is 10.8 Å². The second-order valence-electron chi connectivity index (χ2n) is 5.14. The molecule has 0 aliphatic carbocycles. The zero-order chi connectivity index (χ0) is 15.1. The lowest BCUT2D eigenvalue weighted by Crippen LogP contribution is -2.50. The fourth-order valence-corrected chi connectivity index (χ4v) is 3.67. The molecule has 0 aromatic heterocycles. The van der Waals surface area contributed by atoms with E-state index in [9.17, 15) is 8.42 Å². The maximum Gasteiger partial charge on any atom is 0.241 e.